The molecule has 0 aromatic heterocycles. The summed E-state index contributed by atoms with van der Waals surface area (Å²) in [7, 11) is -5.90. The van der Waals surface area contributed by atoms with Gasteiger partial charge in [-0.3, -0.25) is 19.7 Å². The van der Waals surface area contributed by atoms with Crippen LogP contribution in [-0.4, -0.2) is 178 Å². The van der Waals surface area contributed by atoms with Crippen LogP contribution in [0.5, 0.6) is 17.2 Å². The van der Waals surface area contributed by atoms with Gasteiger partial charge < -0.3 is 40.1 Å². The molecule has 2 unspecified atom stereocenters. The predicted molar refractivity (Wildman–Crippen MR) is 335 cm³/mol. The molecule has 452 valence electrons. The predicted octanol–water partition coefficient (Wildman–Crippen LogP) is 10.4. The molecule has 6 aromatic carbocycles. The molecule has 4 aliphatic rings. The van der Waals surface area contributed by atoms with E-state index in [2.05, 4.69) is 32.3 Å². The Morgan fingerprint density at radius 3 is 1.62 bits per heavy atom. The van der Waals surface area contributed by atoms with Gasteiger partial charge in [0.25, 0.3) is 11.8 Å². The molecule has 6 aromatic rings. The third-order valence-electron chi connectivity index (χ3n) is 14.7. The summed E-state index contributed by atoms with van der Waals surface area (Å²) in [5, 5.41) is 25.5. The number of hydrogen-bond donors (Lipinski definition) is 3. The molecule has 4 heterocycles. The molecule has 20 nitrogen and oxygen atoms in total. The number of nitrogens with zero attached hydrogens (tertiary/aromatic N) is 6. The number of aryl methyl sites for hydroxylation is 4. The summed E-state index contributed by atoms with van der Waals surface area (Å²) in [6.45, 7) is 15.7. The molecule has 4 fully saturated rings. The molecule has 0 radical (unpaired) electrons. The van der Waals surface area contributed by atoms with E-state index in [1.807, 2.05) is 98.5 Å². The number of likely N-dealkylation sites (tertiary alicyclic amines) is 4. The number of isocyanates is 1. The number of urea groups is 1. The van der Waals surface area contributed by atoms with Gasteiger partial charge >= 0.3 is 73.9 Å². The summed E-state index contributed by atoms with van der Waals surface area (Å²) in [5.41, 5.74) is 6.48. The van der Waals surface area contributed by atoms with Crippen molar-refractivity contribution in [3.8, 4) is 17.2 Å². The second-order valence-corrected chi connectivity index (χ2v) is 23.2. The van der Waals surface area contributed by atoms with E-state index in [-0.39, 0.29) is 29.5 Å². The number of benzene rings is 6. The number of para-hydroxylation sites is 2. The number of ether oxygens (including phenoxy) is 1. The Bertz CT molecular complexity index is 3550. The SMILES string of the molecule is Cc1ccc(O)cc1C.Cc1ccc(Oc2ccc(C(=O)N3CCCC3CN3CCCC3)cc2NC(=O)Nc2ccccc2)cc1C.O=C(c1ccc(F)c([N+](=O)[O-])c1)N1CCCC1CN1CCCC1.O=C=Nc1ccccc1.O=S(=O)=S(=O)=O.[Na][Na]. The van der Waals surface area contributed by atoms with E-state index in [1.165, 1.54) is 92.6 Å². The zero-order valence-electron chi connectivity index (χ0n) is 50.0. The number of aliphatic imine (C=N–C) groups is 1. The standard InChI is InChI=1S/C31H36N4O3.C16H20FN3O3.C8H10O.C7H5NO.2Na.O4S2/c1-22-12-14-27(19-23(22)2)38-29-15-13-24(20-28(29)33-31(37)32-25-9-4-3-5-10-25)30(36)35-18-8-11-26(35)21-34-16-6-7-17-34;17-14-6-5-12(10-15(14)20(22)23)16(21)19-9-3-4-13(19)11-18-7-1-2-8-18;1-6-3-4-8(9)5-7(6)2;9-6-8-7-4-2-1-3-5-7;;;1-5(2)6(3)4/h3-5,9-10,12-15,19-20,26H,6-8,11,16-18,21H2,1-2H3,(H2,32,33,37);5-6,10,13H,1-4,7-9,11H2;3-5,9H,1-2H3;1-5H;;;. The summed E-state index contributed by atoms with van der Waals surface area (Å²) < 4.78 is 56.0. The number of anilines is 2. The molecule has 0 bridgehead atoms. The second kappa shape index (κ2) is 37.3. The molecule has 87 heavy (non-hydrogen) atoms. The van der Waals surface area contributed by atoms with Crippen molar-refractivity contribution in [2.24, 2.45) is 4.99 Å². The van der Waals surface area contributed by atoms with Gasteiger partial charge in [-0.15, -0.1) is 0 Å². The minimum absolute atomic E-state index is 0.00375. The van der Waals surface area contributed by atoms with Crippen LogP contribution in [0.25, 0.3) is 0 Å². The number of hydrogen-bond acceptors (Lipinski definition) is 15. The number of nitrogens with one attached hydrogen (secondary N) is 2. The second-order valence-electron chi connectivity index (χ2n) is 20.7. The summed E-state index contributed by atoms with van der Waals surface area (Å²) in [4.78, 5) is 71.0. The van der Waals surface area contributed by atoms with E-state index >= 15 is 0 Å². The van der Waals surface area contributed by atoms with E-state index < -0.39 is 41.0 Å². The number of carbonyl (C=O) groups excluding carboxylic acids is 4. The monoisotopic (exact) mass is 1250 g/mol. The topological polar surface area (TPSA) is 259 Å². The van der Waals surface area contributed by atoms with Crippen molar-refractivity contribution in [3.05, 3.63) is 183 Å². The first-order chi connectivity index (χ1) is 41.8. The van der Waals surface area contributed by atoms with Gasteiger partial charge in [0.15, 0.2) is 5.75 Å². The fourth-order valence-corrected chi connectivity index (χ4v) is 10.1. The molecule has 0 aliphatic carbocycles. The van der Waals surface area contributed by atoms with Crippen molar-refractivity contribution >= 4 is 109 Å². The summed E-state index contributed by atoms with van der Waals surface area (Å²) in [5.74, 6) is 0.331. The van der Waals surface area contributed by atoms with Crippen LogP contribution < -0.4 is 15.4 Å². The molecular weight excluding hydrogens is 1180 g/mol. The molecule has 0 saturated carbocycles. The van der Waals surface area contributed by atoms with Crippen LogP contribution in [0.1, 0.15) is 94.3 Å². The number of halogens is 1. The number of amides is 4. The average molecular weight is 1250 g/mol. The Hall–Kier alpha value is -6.60. The first-order valence-corrected chi connectivity index (χ1v) is 39.6. The number of aromatic hydroxyl groups is 1. The van der Waals surface area contributed by atoms with Crippen molar-refractivity contribution in [1.82, 2.24) is 19.6 Å². The molecule has 4 aliphatic heterocycles. The maximum atomic E-state index is 13.7. The fourth-order valence-electron chi connectivity index (χ4n) is 10.1. The molecule has 3 N–H and O–H groups in total. The van der Waals surface area contributed by atoms with E-state index in [1.54, 1.807) is 47.4 Å². The van der Waals surface area contributed by atoms with Crippen LogP contribution in [0, 0.1) is 43.6 Å². The van der Waals surface area contributed by atoms with Gasteiger partial charge in [0, 0.05) is 61.1 Å². The Labute approximate surface area is 538 Å². The van der Waals surface area contributed by atoms with Crippen molar-refractivity contribution in [2.45, 2.75) is 91.1 Å². The fraction of sp³-hybridized carbons (Fsp3) is 0.355. The first kappa shape index (κ1) is 71.2. The molecule has 4 saturated heterocycles. The van der Waals surface area contributed by atoms with Crippen LogP contribution in [0.2, 0.25) is 0 Å². The van der Waals surface area contributed by atoms with Crippen molar-refractivity contribution in [2.75, 3.05) is 63.0 Å². The minimum atomic E-state index is -2.95. The van der Waals surface area contributed by atoms with Gasteiger partial charge in [0.2, 0.25) is 11.9 Å². The Kier molecular flexibility index (Phi) is 30.5. The summed E-state index contributed by atoms with van der Waals surface area (Å²) >= 11 is 2.89. The summed E-state index contributed by atoms with van der Waals surface area (Å²) in [6, 6.07) is 38.1. The normalized spacial score (nSPS) is 15.8. The third-order valence-corrected chi connectivity index (χ3v) is 15.6. The number of phenolic OH excluding ortho intramolecular Hbond substituents is 1. The van der Waals surface area contributed by atoms with Crippen molar-refractivity contribution in [3.63, 3.8) is 0 Å². The van der Waals surface area contributed by atoms with Crippen LogP contribution >= 0.6 is 0 Å². The van der Waals surface area contributed by atoms with Gasteiger partial charge in [-0.05, 0) is 206 Å². The molecular formula is C62H71FN8Na2O12S2. The first-order valence-electron chi connectivity index (χ1n) is 28.9. The molecule has 0 spiro atoms. The number of carbonyl (C=O) groups is 3. The number of phenols is 1. The van der Waals surface area contributed by atoms with Gasteiger partial charge in [0.05, 0.1) is 16.3 Å². The Morgan fingerprint density at radius 1 is 0.644 bits per heavy atom. The maximum absolute atomic E-state index is 13.7. The zero-order valence-corrected chi connectivity index (χ0v) is 55.6. The van der Waals surface area contributed by atoms with E-state index in [9.17, 15) is 33.7 Å². The van der Waals surface area contributed by atoms with Gasteiger partial charge in [-0.25, -0.2) is 9.59 Å². The number of nitro benzene ring substituents is 1. The third kappa shape index (κ3) is 23.5. The number of rotatable bonds is 12. The number of nitro groups is 1. The van der Waals surface area contributed by atoms with Crippen molar-refractivity contribution in [1.29, 1.82) is 0 Å². The van der Waals surface area contributed by atoms with Crippen LogP contribution in [-0.2, 0) is 23.3 Å². The molecule has 10 rings (SSSR count). The van der Waals surface area contributed by atoms with Gasteiger partial charge in [-0.1, -0.05) is 48.5 Å². The average Bonchev–Trinajstić information content (AvgIpc) is 2.63. The summed E-state index contributed by atoms with van der Waals surface area (Å²) in [6.07, 6.45) is 10.3. The Balaban J connectivity index is 0.000000235. The zero-order chi connectivity index (χ0) is 63.4. The van der Waals surface area contributed by atoms with Crippen molar-refractivity contribution < 1.29 is 55.2 Å². The Morgan fingerprint density at radius 2 is 1.14 bits per heavy atom. The van der Waals surface area contributed by atoms with E-state index in [4.69, 9.17) is 26.7 Å². The van der Waals surface area contributed by atoms with E-state index in [0.29, 0.717) is 46.4 Å². The van der Waals surface area contributed by atoms with Crippen LogP contribution in [0.3, 0.4) is 0 Å². The van der Waals surface area contributed by atoms with E-state index in [0.717, 1.165) is 94.8 Å². The van der Waals surface area contributed by atoms with Crippen LogP contribution in [0.15, 0.2) is 138 Å². The molecule has 25 heteroatoms. The quantitative estimate of drug-likeness (QED) is 0.0339. The molecule has 2 atom stereocenters. The van der Waals surface area contributed by atoms with Gasteiger partial charge in [0.1, 0.15) is 11.5 Å². The molecule has 4 amide bonds. The van der Waals surface area contributed by atoms with Gasteiger partial charge in [-0.2, -0.15) is 26.2 Å². The van der Waals surface area contributed by atoms with Crippen LogP contribution in [0.4, 0.5) is 31.9 Å².